The molecular weight excluding hydrogens is 252 g/mol. The van der Waals surface area contributed by atoms with Crippen molar-refractivity contribution in [2.24, 2.45) is 0 Å². The minimum atomic E-state index is -0.928. The molecule has 5 nitrogen and oxygen atoms in total. The van der Waals surface area contributed by atoms with Crippen molar-refractivity contribution in [1.29, 1.82) is 0 Å². The van der Waals surface area contributed by atoms with Crippen molar-refractivity contribution in [1.82, 2.24) is 0 Å². The molecule has 1 aromatic rings. The SMILES string of the molecule is CCS(=O)CCC(=O)Nc1ccc(OC)cc1N. The molecule has 0 fully saturated rings. The number of nitrogens with two attached hydrogens (primary N) is 1. The van der Waals surface area contributed by atoms with Crippen LogP contribution in [0, 0.1) is 0 Å². The fraction of sp³-hybridized carbons (Fsp3) is 0.417. The van der Waals surface area contributed by atoms with Gasteiger partial charge in [0.15, 0.2) is 0 Å². The second-order valence-electron chi connectivity index (χ2n) is 3.68. The van der Waals surface area contributed by atoms with E-state index in [9.17, 15) is 9.00 Å². The molecule has 0 saturated carbocycles. The van der Waals surface area contributed by atoms with Crippen molar-refractivity contribution in [3.63, 3.8) is 0 Å². The van der Waals surface area contributed by atoms with Gasteiger partial charge in [0, 0.05) is 34.8 Å². The minimum absolute atomic E-state index is 0.186. The van der Waals surface area contributed by atoms with Crippen LogP contribution in [0.5, 0.6) is 5.75 Å². The highest BCUT2D eigenvalue weighted by Crippen LogP contribution is 2.24. The molecule has 3 N–H and O–H groups in total. The molecule has 0 bridgehead atoms. The fourth-order valence-electron chi connectivity index (χ4n) is 1.35. The number of hydrogen-bond acceptors (Lipinski definition) is 4. The van der Waals surface area contributed by atoms with Crippen LogP contribution in [0.25, 0.3) is 0 Å². The minimum Gasteiger partial charge on any atom is -0.497 e. The third-order valence-electron chi connectivity index (χ3n) is 2.41. The Labute approximate surface area is 109 Å². The molecule has 0 aliphatic carbocycles. The molecule has 1 rings (SSSR count). The van der Waals surface area contributed by atoms with Crippen LogP contribution in [0.3, 0.4) is 0 Å². The third-order valence-corrected chi connectivity index (χ3v) is 3.72. The van der Waals surface area contributed by atoms with Gasteiger partial charge in [-0.15, -0.1) is 0 Å². The van der Waals surface area contributed by atoms with Gasteiger partial charge in [-0.3, -0.25) is 9.00 Å². The molecule has 0 spiro atoms. The predicted octanol–water partition coefficient (Wildman–Crippen LogP) is 1.37. The molecule has 0 aromatic heterocycles. The maximum absolute atomic E-state index is 11.6. The number of nitrogen functional groups attached to an aromatic ring is 1. The Morgan fingerprint density at radius 2 is 2.22 bits per heavy atom. The largest absolute Gasteiger partial charge is 0.497 e. The summed E-state index contributed by atoms with van der Waals surface area (Å²) >= 11 is 0. The van der Waals surface area contributed by atoms with E-state index in [0.717, 1.165) is 0 Å². The summed E-state index contributed by atoms with van der Waals surface area (Å²) in [6.45, 7) is 1.83. The fourth-order valence-corrected chi connectivity index (χ4v) is 2.05. The van der Waals surface area contributed by atoms with Gasteiger partial charge in [-0.2, -0.15) is 0 Å². The Balaban J connectivity index is 2.56. The van der Waals surface area contributed by atoms with Gasteiger partial charge in [-0.25, -0.2) is 0 Å². The third kappa shape index (κ3) is 4.37. The van der Waals surface area contributed by atoms with Crippen LogP contribution >= 0.6 is 0 Å². The van der Waals surface area contributed by atoms with Gasteiger partial charge in [-0.05, 0) is 12.1 Å². The molecule has 1 aromatic carbocycles. The van der Waals surface area contributed by atoms with E-state index in [1.807, 2.05) is 6.92 Å². The maximum Gasteiger partial charge on any atom is 0.225 e. The van der Waals surface area contributed by atoms with Gasteiger partial charge in [0.05, 0.1) is 18.5 Å². The van der Waals surface area contributed by atoms with E-state index >= 15 is 0 Å². The maximum atomic E-state index is 11.6. The summed E-state index contributed by atoms with van der Waals surface area (Å²) in [5.74, 6) is 1.39. The summed E-state index contributed by atoms with van der Waals surface area (Å²) in [6, 6.07) is 5.04. The predicted molar refractivity (Wildman–Crippen MR) is 74.2 cm³/mol. The molecule has 100 valence electrons. The molecule has 1 amide bonds. The van der Waals surface area contributed by atoms with Crippen molar-refractivity contribution in [2.45, 2.75) is 13.3 Å². The lowest BCUT2D eigenvalue weighted by atomic mass is 10.2. The molecular formula is C12H18N2O3S. The Morgan fingerprint density at radius 1 is 1.50 bits per heavy atom. The number of carbonyl (C=O) groups excluding carboxylic acids is 1. The van der Waals surface area contributed by atoms with E-state index in [4.69, 9.17) is 10.5 Å². The number of benzene rings is 1. The van der Waals surface area contributed by atoms with Crippen molar-refractivity contribution in [2.75, 3.05) is 29.7 Å². The highest BCUT2D eigenvalue weighted by molar-refractivity contribution is 7.84. The first-order valence-electron chi connectivity index (χ1n) is 5.65. The van der Waals surface area contributed by atoms with Crippen LogP contribution < -0.4 is 15.8 Å². The van der Waals surface area contributed by atoms with Crippen LogP contribution in [-0.4, -0.2) is 28.7 Å². The number of methoxy groups -OCH3 is 1. The summed E-state index contributed by atoms with van der Waals surface area (Å²) in [5.41, 5.74) is 6.76. The molecule has 0 saturated heterocycles. The van der Waals surface area contributed by atoms with E-state index in [1.165, 1.54) is 0 Å². The zero-order chi connectivity index (χ0) is 13.5. The van der Waals surface area contributed by atoms with Gasteiger partial charge in [0.1, 0.15) is 5.75 Å². The monoisotopic (exact) mass is 270 g/mol. The normalized spacial score (nSPS) is 11.9. The number of ether oxygens (including phenoxy) is 1. The topological polar surface area (TPSA) is 81.4 Å². The number of carbonyl (C=O) groups is 1. The summed E-state index contributed by atoms with van der Waals surface area (Å²) in [5, 5.41) is 2.69. The highest BCUT2D eigenvalue weighted by Gasteiger charge is 2.07. The Kier molecular flexibility index (Phi) is 5.64. The van der Waals surface area contributed by atoms with Gasteiger partial charge in [0.2, 0.25) is 5.91 Å². The first-order chi connectivity index (χ1) is 8.56. The second-order valence-corrected chi connectivity index (χ2v) is 5.55. The van der Waals surface area contributed by atoms with Gasteiger partial charge in [0.25, 0.3) is 0 Å². The standard InChI is InChI=1S/C12H18N2O3S/c1-3-18(16)7-6-12(15)14-11-5-4-9(17-2)8-10(11)13/h4-5,8H,3,6-7,13H2,1-2H3,(H,14,15). The summed E-state index contributed by atoms with van der Waals surface area (Å²) in [7, 11) is 0.621. The van der Waals surface area contributed by atoms with Crippen molar-refractivity contribution in [3.05, 3.63) is 18.2 Å². The second kappa shape index (κ2) is 7.00. The smallest absolute Gasteiger partial charge is 0.225 e. The Morgan fingerprint density at radius 3 is 2.78 bits per heavy atom. The number of anilines is 2. The quantitative estimate of drug-likeness (QED) is 0.765. The van der Waals surface area contributed by atoms with Gasteiger partial charge in [-0.1, -0.05) is 6.92 Å². The average molecular weight is 270 g/mol. The molecule has 18 heavy (non-hydrogen) atoms. The van der Waals surface area contributed by atoms with Crippen molar-refractivity contribution in [3.8, 4) is 5.75 Å². The van der Waals surface area contributed by atoms with Crippen LogP contribution in [-0.2, 0) is 15.6 Å². The van der Waals surface area contributed by atoms with E-state index in [0.29, 0.717) is 28.6 Å². The van der Waals surface area contributed by atoms with Crippen LogP contribution in [0.2, 0.25) is 0 Å². The number of hydrogen-bond donors (Lipinski definition) is 2. The number of nitrogens with one attached hydrogen (secondary N) is 1. The van der Waals surface area contributed by atoms with E-state index in [2.05, 4.69) is 5.32 Å². The molecule has 1 unspecified atom stereocenters. The van der Waals surface area contributed by atoms with E-state index < -0.39 is 10.8 Å². The summed E-state index contributed by atoms with van der Waals surface area (Å²) in [4.78, 5) is 11.6. The number of amides is 1. The summed E-state index contributed by atoms with van der Waals surface area (Å²) < 4.78 is 16.2. The lowest BCUT2D eigenvalue weighted by Crippen LogP contribution is -2.16. The Bertz CT molecular complexity index is 449. The number of rotatable bonds is 6. The van der Waals surface area contributed by atoms with Crippen LogP contribution in [0.4, 0.5) is 11.4 Å². The summed E-state index contributed by atoms with van der Waals surface area (Å²) in [6.07, 6.45) is 0.228. The molecule has 0 aliphatic rings. The van der Waals surface area contributed by atoms with E-state index in [-0.39, 0.29) is 12.3 Å². The molecule has 0 heterocycles. The zero-order valence-corrected chi connectivity index (χ0v) is 11.4. The van der Waals surface area contributed by atoms with Crippen LogP contribution in [0.1, 0.15) is 13.3 Å². The molecule has 0 aliphatic heterocycles. The average Bonchev–Trinajstić information content (AvgIpc) is 2.38. The van der Waals surface area contributed by atoms with Crippen molar-refractivity contribution >= 4 is 28.1 Å². The highest BCUT2D eigenvalue weighted by atomic mass is 32.2. The zero-order valence-electron chi connectivity index (χ0n) is 10.6. The van der Waals surface area contributed by atoms with Crippen molar-refractivity contribution < 1.29 is 13.7 Å². The first-order valence-corrected chi connectivity index (χ1v) is 7.14. The molecule has 0 radical (unpaired) electrons. The lowest BCUT2D eigenvalue weighted by molar-refractivity contribution is -0.115. The lowest BCUT2D eigenvalue weighted by Gasteiger charge is -2.09. The Hall–Kier alpha value is -1.56. The van der Waals surface area contributed by atoms with E-state index in [1.54, 1.807) is 25.3 Å². The molecule has 6 heteroatoms. The molecule has 1 atom stereocenters. The van der Waals surface area contributed by atoms with Gasteiger partial charge < -0.3 is 15.8 Å². The van der Waals surface area contributed by atoms with Gasteiger partial charge >= 0.3 is 0 Å². The van der Waals surface area contributed by atoms with Crippen LogP contribution in [0.15, 0.2) is 18.2 Å². The first kappa shape index (κ1) is 14.5.